The van der Waals surface area contributed by atoms with Crippen molar-refractivity contribution in [1.29, 1.82) is 0 Å². The second kappa shape index (κ2) is 16.6. The molecule has 20 heteroatoms. The van der Waals surface area contributed by atoms with Crippen LogP contribution in [-0.2, 0) is 26.2 Å². The Morgan fingerprint density at radius 1 is 0.586 bits per heavy atom. The first-order valence-electron chi connectivity index (χ1n) is 17.7. The molecule has 0 saturated heterocycles. The summed E-state index contributed by atoms with van der Waals surface area (Å²) in [5.74, 6) is 0.890. The van der Waals surface area contributed by atoms with Gasteiger partial charge < -0.3 is 9.13 Å². The molecule has 0 spiro atoms. The van der Waals surface area contributed by atoms with E-state index >= 15 is 0 Å². The van der Waals surface area contributed by atoms with Gasteiger partial charge in [-0.15, -0.1) is 0 Å². The molecule has 0 bridgehead atoms. The minimum Gasteiger partial charge on any atom is -0.312 e. The summed E-state index contributed by atoms with van der Waals surface area (Å²) in [6.07, 6.45) is 3.00. The summed E-state index contributed by atoms with van der Waals surface area (Å²) in [5.41, 5.74) is 3.24. The molecule has 6 heterocycles. The molecule has 0 unspecified atom stereocenters. The third-order valence-corrected chi connectivity index (χ3v) is 10.2. The van der Waals surface area contributed by atoms with Crippen LogP contribution in [0.15, 0.2) is 84.7 Å². The normalized spacial score (nSPS) is 11.3. The van der Waals surface area contributed by atoms with Gasteiger partial charge in [-0.1, -0.05) is 59.1 Å². The molecule has 0 amide bonds. The first-order chi connectivity index (χ1) is 27.8. The van der Waals surface area contributed by atoms with Crippen LogP contribution in [0.1, 0.15) is 36.4 Å². The molecule has 16 nitrogen and oxygen atoms in total. The van der Waals surface area contributed by atoms with Crippen molar-refractivity contribution in [3.8, 4) is 23.0 Å². The average molecular weight is 907 g/mol. The Morgan fingerprint density at radius 2 is 1.00 bits per heavy atom. The van der Waals surface area contributed by atoms with E-state index in [1.54, 1.807) is 46.5 Å². The smallest absolute Gasteiger partial charge is 0.312 e. The Labute approximate surface area is 351 Å². The zero-order valence-electron chi connectivity index (χ0n) is 31.2. The maximum absolute atomic E-state index is 12.7. The number of hydrogen-bond acceptors (Lipinski definition) is 10. The van der Waals surface area contributed by atoms with E-state index in [0.29, 0.717) is 92.1 Å². The molecule has 0 aliphatic rings. The van der Waals surface area contributed by atoms with Gasteiger partial charge >= 0.3 is 11.4 Å². The van der Waals surface area contributed by atoms with E-state index in [4.69, 9.17) is 34.8 Å². The van der Waals surface area contributed by atoms with Gasteiger partial charge in [-0.25, -0.2) is 39.5 Å². The van der Waals surface area contributed by atoms with Gasteiger partial charge in [-0.2, -0.15) is 0 Å². The predicted molar refractivity (Wildman–Crippen MR) is 226 cm³/mol. The summed E-state index contributed by atoms with van der Waals surface area (Å²) in [6, 6.07) is 14.6. The molecule has 58 heavy (non-hydrogen) atoms. The molecular weight excluding hydrogens is 875 g/mol. The van der Waals surface area contributed by atoms with Crippen LogP contribution in [0.25, 0.3) is 45.4 Å². The fourth-order valence-corrected chi connectivity index (χ4v) is 7.29. The highest BCUT2D eigenvalue weighted by molar-refractivity contribution is 9.10. The van der Waals surface area contributed by atoms with E-state index in [9.17, 15) is 19.2 Å². The van der Waals surface area contributed by atoms with E-state index < -0.39 is 22.5 Å². The van der Waals surface area contributed by atoms with Crippen molar-refractivity contribution in [1.82, 2.24) is 58.1 Å². The standard InChI is InChI=1S/C19H16BrClN6O2.C19H16Cl2N6O2/c1-3-26-17-15(18(28)25-19(26)29)27(9-11-4-6-12(21)7-5-11)16(24-17)14-10(2)23-13(20)8-22-14;1-3-26-17-15(18(28)25-19(26)29)27(9-11-4-6-12(20)7-5-11)16(24-17)14-10(2)23-13(21)8-22-14/h2*4-8H,3,9H2,1-2H3,(H,25,28,29). The van der Waals surface area contributed by atoms with Crippen LogP contribution in [0.2, 0.25) is 15.2 Å². The number of nitrogens with one attached hydrogen (secondary N) is 2. The van der Waals surface area contributed by atoms with Crippen LogP contribution >= 0.6 is 50.7 Å². The van der Waals surface area contributed by atoms with Gasteiger partial charge in [0.2, 0.25) is 0 Å². The van der Waals surface area contributed by atoms with Crippen molar-refractivity contribution < 1.29 is 0 Å². The molecule has 8 rings (SSSR count). The quantitative estimate of drug-likeness (QED) is 0.178. The van der Waals surface area contributed by atoms with E-state index in [1.807, 2.05) is 45.0 Å². The van der Waals surface area contributed by atoms with Crippen LogP contribution in [0.5, 0.6) is 0 Å². The van der Waals surface area contributed by atoms with E-state index in [2.05, 4.69) is 55.8 Å². The van der Waals surface area contributed by atoms with Crippen LogP contribution < -0.4 is 22.5 Å². The number of nitrogens with zero attached hydrogens (tertiary/aromatic N) is 10. The maximum atomic E-state index is 12.7. The second-order valence-electron chi connectivity index (χ2n) is 12.9. The number of aromatic amines is 2. The van der Waals surface area contributed by atoms with E-state index in [-0.39, 0.29) is 10.7 Å². The SMILES string of the molecule is CCn1c(=O)[nH]c(=O)c2c1nc(-c1ncc(Br)nc1C)n2Cc1ccc(Cl)cc1.CCn1c(=O)[nH]c(=O)c2c1nc(-c1ncc(Cl)nc1C)n2Cc1ccc(Cl)cc1. The molecule has 6 aromatic heterocycles. The highest BCUT2D eigenvalue weighted by Crippen LogP contribution is 2.27. The first-order valence-corrected chi connectivity index (χ1v) is 19.6. The number of rotatable bonds is 8. The Balaban J connectivity index is 0.000000177. The molecule has 2 aromatic carbocycles. The number of aryl methyl sites for hydroxylation is 4. The molecule has 0 radical (unpaired) electrons. The summed E-state index contributed by atoms with van der Waals surface area (Å²) >= 11 is 21.2. The number of H-pyrrole nitrogens is 2. The number of hydrogen-bond donors (Lipinski definition) is 2. The van der Waals surface area contributed by atoms with Crippen molar-refractivity contribution in [2.24, 2.45) is 0 Å². The van der Waals surface area contributed by atoms with Gasteiger partial charge in [0.25, 0.3) is 11.1 Å². The predicted octanol–water partition coefficient (Wildman–Crippen LogP) is 6.16. The topological polar surface area (TPSA) is 197 Å². The summed E-state index contributed by atoms with van der Waals surface area (Å²) in [7, 11) is 0. The van der Waals surface area contributed by atoms with Gasteiger partial charge in [-0.3, -0.25) is 28.7 Å². The molecule has 0 fully saturated rings. The summed E-state index contributed by atoms with van der Waals surface area (Å²) in [4.78, 5) is 81.4. The lowest BCUT2D eigenvalue weighted by Crippen LogP contribution is -2.30. The maximum Gasteiger partial charge on any atom is 0.330 e. The Kier molecular flexibility index (Phi) is 11.6. The van der Waals surface area contributed by atoms with Crippen LogP contribution in [0.4, 0.5) is 0 Å². The molecule has 8 aromatic rings. The first kappa shape index (κ1) is 40.4. The molecular formula is C38H32BrCl3N12O4. The third-order valence-electron chi connectivity index (χ3n) is 9.17. The van der Waals surface area contributed by atoms with Crippen molar-refractivity contribution in [3.63, 3.8) is 0 Å². The van der Waals surface area contributed by atoms with Gasteiger partial charge in [0, 0.05) is 36.2 Å². The van der Waals surface area contributed by atoms with Gasteiger partial charge in [0.05, 0.1) is 23.8 Å². The van der Waals surface area contributed by atoms with Crippen molar-refractivity contribution in [2.75, 3.05) is 0 Å². The fourth-order valence-electron chi connectivity index (χ4n) is 6.49. The Morgan fingerprint density at radius 3 is 1.40 bits per heavy atom. The highest BCUT2D eigenvalue weighted by atomic mass is 79.9. The molecule has 0 aliphatic heterocycles. The zero-order chi connectivity index (χ0) is 41.4. The molecule has 296 valence electrons. The highest BCUT2D eigenvalue weighted by Gasteiger charge is 2.24. The summed E-state index contributed by atoms with van der Waals surface area (Å²) < 4.78 is 6.93. The fraction of sp³-hybridized carbons (Fsp3) is 0.211. The number of fused-ring (bicyclic) bond motifs is 2. The van der Waals surface area contributed by atoms with E-state index in [0.717, 1.165) is 11.1 Å². The Hall–Kier alpha value is -5.75. The summed E-state index contributed by atoms with van der Waals surface area (Å²) in [6.45, 7) is 8.62. The number of halogens is 4. The van der Waals surface area contributed by atoms with Crippen molar-refractivity contribution >= 4 is 73.1 Å². The van der Waals surface area contributed by atoms with Crippen molar-refractivity contribution in [3.05, 3.63) is 145 Å². The minimum atomic E-state index is -0.512. The Bertz CT molecular complexity index is 2890. The van der Waals surface area contributed by atoms with Crippen molar-refractivity contribution in [2.45, 2.75) is 53.9 Å². The van der Waals surface area contributed by atoms with Gasteiger partial charge in [-0.05, 0) is 79.0 Å². The number of imidazole rings is 2. The van der Waals surface area contributed by atoms with Crippen LogP contribution in [-0.4, -0.2) is 58.1 Å². The zero-order valence-corrected chi connectivity index (χ0v) is 35.1. The average Bonchev–Trinajstić information content (AvgIpc) is 3.73. The lowest BCUT2D eigenvalue weighted by atomic mass is 10.2. The van der Waals surface area contributed by atoms with Gasteiger partial charge in [0.15, 0.2) is 34.0 Å². The lowest BCUT2D eigenvalue weighted by molar-refractivity contribution is 0.717. The lowest BCUT2D eigenvalue weighted by Gasteiger charge is -2.10. The number of benzene rings is 2. The molecule has 0 saturated carbocycles. The second-order valence-corrected chi connectivity index (χ2v) is 15.0. The third kappa shape index (κ3) is 7.90. The summed E-state index contributed by atoms with van der Waals surface area (Å²) in [5, 5.41) is 1.49. The monoisotopic (exact) mass is 904 g/mol. The molecule has 0 aliphatic carbocycles. The van der Waals surface area contributed by atoms with Crippen LogP contribution in [0.3, 0.4) is 0 Å². The molecule has 0 atom stereocenters. The van der Waals surface area contributed by atoms with Crippen LogP contribution in [0, 0.1) is 13.8 Å². The molecule has 2 N–H and O–H groups in total. The number of aromatic nitrogens is 12. The minimum absolute atomic E-state index is 0.259. The van der Waals surface area contributed by atoms with Gasteiger partial charge in [0.1, 0.15) is 21.1 Å². The van der Waals surface area contributed by atoms with E-state index in [1.165, 1.54) is 15.3 Å². The largest absolute Gasteiger partial charge is 0.330 e.